The molecule has 4 rings (SSSR count). The Morgan fingerprint density at radius 3 is 2.61 bits per heavy atom. The number of nitrogen functional groups attached to an aromatic ring is 1. The van der Waals surface area contributed by atoms with E-state index in [2.05, 4.69) is 16.9 Å². The third kappa shape index (κ3) is 4.77. The maximum atomic E-state index is 12.4. The number of rotatable bonds is 6. The molecule has 0 fully saturated rings. The average molecular weight is 436 g/mol. The number of nitrogens with one attached hydrogen (secondary N) is 1. The molecule has 0 radical (unpaired) electrons. The lowest BCUT2D eigenvalue weighted by molar-refractivity contribution is -0.111. The third-order valence-electron chi connectivity index (χ3n) is 5.38. The molecule has 0 spiro atoms. The molecule has 164 valence electrons. The van der Waals surface area contributed by atoms with Gasteiger partial charge in [-0.2, -0.15) is 0 Å². The number of methoxy groups -OCH3 is 1. The normalized spacial score (nSPS) is 11.0. The fourth-order valence-electron chi connectivity index (χ4n) is 3.72. The molecule has 33 heavy (non-hydrogen) atoms. The van der Waals surface area contributed by atoms with Crippen LogP contribution in [0.5, 0.6) is 5.75 Å². The number of aromatic nitrogens is 1. The molecule has 3 N–H and O–H groups in total. The first kappa shape index (κ1) is 21.8. The van der Waals surface area contributed by atoms with E-state index in [0.29, 0.717) is 17.1 Å². The molecule has 0 bridgehead atoms. The molecule has 0 aliphatic rings. The van der Waals surface area contributed by atoms with E-state index < -0.39 is 0 Å². The van der Waals surface area contributed by atoms with Gasteiger partial charge in [0.1, 0.15) is 5.75 Å². The van der Waals surface area contributed by atoms with Crippen LogP contribution in [-0.4, -0.2) is 18.0 Å². The van der Waals surface area contributed by atoms with E-state index in [9.17, 15) is 4.79 Å². The van der Waals surface area contributed by atoms with Crippen molar-refractivity contribution in [2.45, 2.75) is 6.92 Å². The molecule has 0 aliphatic carbocycles. The zero-order chi connectivity index (χ0) is 23.4. The van der Waals surface area contributed by atoms with Gasteiger partial charge < -0.3 is 15.8 Å². The minimum atomic E-state index is -0.282. The van der Waals surface area contributed by atoms with Crippen LogP contribution in [0.2, 0.25) is 0 Å². The van der Waals surface area contributed by atoms with Crippen LogP contribution in [0.4, 0.5) is 11.4 Å². The minimum Gasteiger partial charge on any atom is -0.496 e. The van der Waals surface area contributed by atoms with Crippen molar-refractivity contribution in [2.24, 2.45) is 0 Å². The van der Waals surface area contributed by atoms with Crippen molar-refractivity contribution in [3.8, 4) is 5.75 Å². The number of carbonyl (C=O) groups is 1. The molecule has 0 saturated heterocycles. The van der Waals surface area contributed by atoms with Gasteiger partial charge in [-0.1, -0.05) is 43.0 Å². The lowest BCUT2D eigenvalue weighted by atomic mass is 9.94. The van der Waals surface area contributed by atoms with E-state index in [1.165, 1.54) is 6.08 Å². The Morgan fingerprint density at radius 2 is 1.82 bits per heavy atom. The molecule has 0 saturated carbocycles. The van der Waals surface area contributed by atoms with Gasteiger partial charge in [0, 0.05) is 22.7 Å². The Kier molecular flexibility index (Phi) is 6.22. The number of hydrogen-bond acceptors (Lipinski definition) is 4. The summed E-state index contributed by atoms with van der Waals surface area (Å²) in [4.78, 5) is 17.1. The molecule has 0 unspecified atom stereocenters. The number of carbonyl (C=O) groups excluding carboxylic acids is 1. The first-order valence-electron chi connectivity index (χ1n) is 10.5. The van der Waals surface area contributed by atoms with Gasteiger partial charge in [-0.25, -0.2) is 0 Å². The number of nitrogens with two attached hydrogens (primary N) is 1. The number of anilines is 2. The monoisotopic (exact) mass is 435 g/mol. The summed E-state index contributed by atoms with van der Waals surface area (Å²) in [6.45, 7) is 6.33. The zero-order valence-corrected chi connectivity index (χ0v) is 18.6. The van der Waals surface area contributed by atoms with Crippen LogP contribution in [0.1, 0.15) is 22.4 Å². The summed E-state index contributed by atoms with van der Waals surface area (Å²) in [5, 5.41) is 3.83. The van der Waals surface area contributed by atoms with E-state index >= 15 is 0 Å². The van der Waals surface area contributed by atoms with Crippen molar-refractivity contribution in [3.63, 3.8) is 0 Å². The van der Waals surface area contributed by atoms with Gasteiger partial charge in [-0.15, -0.1) is 0 Å². The average Bonchev–Trinajstić information content (AvgIpc) is 2.83. The number of amides is 1. The van der Waals surface area contributed by atoms with Crippen molar-refractivity contribution in [2.75, 3.05) is 18.2 Å². The minimum absolute atomic E-state index is 0.282. The van der Waals surface area contributed by atoms with Gasteiger partial charge in [-0.05, 0) is 66.1 Å². The number of hydrogen-bond donors (Lipinski definition) is 2. The summed E-state index contributed by atoms with van der Waals surface area (Å²) >= 11 is 0. The zero-order valence-electron chi connectivity index (χ0n) is 18.6. The van der Waals surface area contributed by atoms with Gasteiger partial charge in [0.15, 0.2) is 0 Å². The summed E-state index contributed by atoms with van der Waals surface area (Å²) in [6, 6.07) is 23.0. The largest absolute Gasteiger partial charge is 0.496 e. The predicted molar refractivity (Wildman–Crippen MR) is 136 cm³/mol. The quantitative estimate of drug-likeness (QED) is 0.294. The molecule has 0 aliphatic heterocycles. The molecule has 3 aromatic carbocycles. The lowest BCUT2D eigenvalue weighted by Crippen LogP contribution is -2.09. The third-order valence-corrected chi connectivity index (χ3v) is 5.38. The van der Waals surface area contributed by atoms with Gasteiger partial charge in [0.05, 0.1) is 24.0 Å². The molecular weight excluding hydrogens is 410 g/mol. The summed E-state index contributed by atoms with van der Waals surface area (Å²) in [6.07, 6.45) is 3.18. The molecule has 4 aromatic rings. The highest BCUT2D eigenvalue weighted by Crippen LogP contribution is 2.32. The second-order valence-corrected chi connectivity index (χ2v) is 7.67. The standard InChI is InChI=1S/C28H25N3O2/c1-18-16-23(22-8-4-6-10-25(22)30-18)19(2)20-12-14-27(33-3)21(17-20)13-15-28(32)31-26-11-7-5-9-24(26)29/h4-17H,2,29H2,1,3H3,(H,31,32)/b15-13+. The fourth-order valence-corrected chi connectivity index (χ4v) is 3.72. The van der Waals surface area contributed by atoms with Crippen LogP contribution < -0.4 is 15.8 Å². The summed E-state index contributed by atoms with van der Waals surface area (Å²) in [7, 11) is 1.60. The van der Waals surface area contributed by atoms with Gasteiger partial charge in [-0.3, -0.25) is 9.78 Å². The summed E-state index contributed by atoms with van der Waals surface area (Å²) < 4.78 is 5.50. The van der Waals surface area contributed by atoms with E-state index in [-0.39, 0.29) is 5.91 Å². The van der Waals surface area contributed by atoms with E-state index in [1.54, 1.807) is 25.3 Å². The van der Waals surface area contributed by atoms with Crippen molar-refractivity contribution in [1.29, 1.82) is 0 Å². The maximum Gasteiger partial charge on any atom is 0.248 e. The second kappa shape index (κ2) is 9.40. The van der Waals surface area contributed by atoms with Gasteiger partial charge in [0.2, 0.25) is 5.91 Å². The van der Waals surface area contributed by atoms with Crippen molar-refractivity contribution >= 4 is 39.8 Å². The van der Waals surface area contributed by atoms with Crippen LogP contribution in [-0.2, 0) is 4.79 Å². The Hall–Kier alpha value is -4.38. The summed E-state index contributed by atoms with van der Waals surface area (Å²) in [5.74, 6) is 0.375. The number of fused-ring (bicyclic) bond motifs is 1. The Bertz CT molecular complexity index is 1390. The fraction of sp³-hybridized carbons (Fsp3) is 0.0714. The smallest absolute Gasteiger partial charge is 0.248 e. The topological polar surface area (TPSA) is 77.2 Å². The number of nitrogens with zero attached hydrogens (tertiary/aromatic N) is 1. The molecule has 5 nitrogen and oxygen atoms in total. The van der Waals surface area contributed by atoms with E-state index in [0.717, 1.165) is 38.9 Å². The van der Waals surface area contributed by atoms with Crippen LogP contribution >= 0.6 is 0 Å². The number of pyridine rings is 1. The van der Waals surface area contributed by atoms with Gasteiger partial charge in [0.25, 0.3) is 0 Å². The van der Waals surface area contributed by atoms with Gasteiger partial charge >= 0.3 is 0 Å². The van der Waals surface area contributed by atoms with E-state index in [4.69, 9.17) is 10.5 Å². The second-order valence-electron chi connectivity index (χ2n) is 7.67. The number of benzene rings is 3. The molecule has 0 atom stereocenters. The van der Waals surface area contributed by atoms with Crippen molar-refractivity contribution < 1.29 is 9.53 Å². The van der Waals surface area contributed by atoms with Crippen LogP contribution in [0.3, 0.4) is 0 Å². The molecular formula is C28H25N3O2. The van der Waals surface area contributed by atoms with Crippen LogP contribution in [0, 0.1) is 6.92 Å². The van der Waals surface area contributed by atoms with Crippen molar-refractivity contribution in [3.05, 3.63) is 108 Å². The Balaban J connectivity index is 1.65. The first-order chi connectivity index (χ1) is 16.0. The maximum absolute atomic E-state index is 12.4. The SMILES string of the molecule is C=C(c1ccc(OC)c(/C=C/C(=O)Nc2ccccc2N)c1)c1cc(C)nc2ccccc12. The highest BCUT2D eigenvalue weighted by Gasteiger charge is 2.11. The number of aryl methyl sites for hydroxylation is 1. The molecule has 1 amide bonds. The van der Waals surface area contributed by atoms with Crippen molar-refractivity contribution in [1.82, 2.24) is 4.98 Å². The van der Waals surface area contributed by atoms with Crippen LogP contribution in [0.15, 0.2) is 85.5 Å². The number of para-hydroxylation sites is 3. The molecule has 1 aromatic heterocycles. The van der Waals surface area contributed by atoms with E-state index in [1.807, 2.05) is 67.6 Å². The highest BCUT2D eigenvalue weighted by molar-refractivity contribution is 6.04. The summed E-state index contributed by atoms with van der Waals surface area (Å²) in [5.41, 5.74) is 12.4. The predicted octanol–water partition coefficient (Wildman–Crippen LogP) is 5.85. The highest BCUT2D eigenvalue weighted by atomic mass is 16.5. The van der Waals surface area contributed by atoms with Crippen LogP contribution in [0.25, 0.3) is 22.6 Å². The molecule has 5 heteroatoms. The number of ether oxygens (including phenoxy) is 1. The Morgan fingerprint density at radius 1 is 1.06 bits per heavy atom. The Labute approximate surface area is 193 Å². The lowest BCUT2D eigenvalue weighted by Gasteiger charge is -2.13. The molecule has 1 heterocycles. The first-order valence-corrected chi connectivity index (χ1v) is 10.5.